The van der Waals surface area contributed by atoms with Crippen molar-refractivity contribution in [3.63, 3.8) is 0 Å². The first-order valence-electron chi connectivity index (χ1n) is 11.0. The van der Waals surface area contributed by atoms with Crippen LogP contribution < -0.4 is 4.74 Å². The third-order valence-electron chi connectivity index (χ3n) is 5.80. The molecule has 2 unspecified atom stereocenters. The molecule has 7 nitrogen and oxygen atoms in total. The fourth-order valence-corrected chi connectivity index (χ4v) is 4.12. The molecule has 3 aliphatic rings. The minimum Gasteiger partial charge on any atom is -0.481 e. The fraction of sp³-hybridized carbons (Fsp3) is 0.400. The van der Waals surface area contributed by atoms with Crippen LogP contribution >= 0.6 is 0 Å². The minimum absolute atomic E-state index is 0.0866. The van der Waals surface area contributed by atoms with Crippen LogP contribution in [0.2, 0.25) is 0 Å². The molecule has 1 aromatic rings. The Balaban J connectivity index is 1.48. The number of morpholine rings is 1. The fourth-order valence-electron chi connectivity index (χ4n) is 4.12. The molecule has 2 aliphatic heterocycles. The third-order valence-corrected chi connectivity index (χ3v) is 5.80. The number of carboxylic acid groups (broad SMARTS) is 1. The SMILES string of the molecule is Cc1cc(OC(C2=CC=CCC2)C2=COC=CO2)ccc1C1CN(CCC(=O)O)CCO1. The van der Waals surface area contributed by atoms with E-state index in [9.17, 15) is 4.79 Å². The minimum atomic E-state index is -0.776. The van der Waals surface area contributed by atoms with Gasteiger partial charge in [0.25, 0.3) is 0 Å². The first kappa shape index (κ1) is 22.2. The topological polar surface area (TPSA) is 77.5 Å². The number of aliphatic carboxylic acids is 1. The lowest BCUT2D eigenvalue weighted by atomic mass is 9.98. The summed E-state index contributed by atoms with van der Waals surface area (Å²) in [5.74, 6) is 0.576. The number of hydrogen-bond acceptors (Lipinski definition) is 6. The summed E-state index contributed by atoms with van der Waals surface area (Å²) in [7, 11) is 0. The molecule has 4 rings (SSSR count). The van der Waals surface area contributed by atoms with E-state index in [4.69, 9.17) is 24.1 Å². The number of aryl methyl sites for hydroxylation is 1. The van der Waals surface area contributed by atoms with Gasteiger partial charge in [-0.2, -0.15) is 0 Å². The van der Waals surface area contributed by atoms with Crippen molar-refractivity contribution in [3.8, 4) is 5.75 Å². The van der Waals surface area contributed by atoms with E-state index in [1.54, 1.807) is 6.26 Å². The van der Waals surface area contributed by atoms with Gasteiger partial charge in [-0.3, -0.25) is 9.69 Å². The largest absolute Gasteiger partial charge is 0.481 e. The molecule has 1 saturated heterocycles. The molecule has 0 amide bonds. The predicted molar refractivity (Wildman–Crippen MR) is 119 cm³/mol. The summed E-state index contributed by atoms with van der Waals surface area (Å²) >= 11 is 0. The molecule has 1 aromatic carbocycles. The Bertz CT molecular complexity index is 948. The number of carboxylic acids is 1. The van der Waals surface area contributed by atoms with Gasteiger partial charge >= 0.3 is 5.97 Å². The van der Waals surface area contributed by atoms with Gasteiger partial charge in [-0.1, -0.05) is 24.3 Å². The van der Waals surface area contributed by atoms with Gasteiger partial charge in [-0.25, -0.2) is 0 Å². The van der Waals surface area contributed by atoms with Crippen LogP contribution in [0.3, 0.4) is 0 Å². The van der Waals surface area contributed by atoms with Gasteiger partial charge in [-0.05, 0) is 48.6 Å². The lowest BCUT2D eigenvalue weighted by Crippen LogP contribution is -2.39. The smallest absolute Gasteiger partial charge is 0.304 e. The van der Waals surface area contributed by atoms with Crippen molar-refractivity contribution in [1.82, 2.24) is 4.90 Å². The van der Waals surface area contributed by atoms with Crippen LogP contribution in [0.5, 0.6) is 5.75 Å². The number of hydrogen-bond donors (Lipinski definition) is 1. The number of benzene rings is 1. The average molecular weight is 440 g/mol. The van der Waals surface area contributed by atoms with Crippen molar-refractivity contribution in [1.29, 1.82) is 0 Å². The first-order chi connectivity index (χ1) is 15.6. The number of allylic oxidation sites excluding steroid dienone is 3. The normalized spacial score (nSPS) is 21.7. The molecule has 1 N–H and O–H groups in total. The molecule has 32 heavy (non-hydrogen) atoms. The highest BCUT2D eigenvalue weighted by molar-refractivity contribution is 5.66. The van der Waals surface area contributed by atoms with E-state index in [1.165, 1.54) is 12.5 Å². The number of ether oxygens (including phenoxy) is 4. The van der Waals surface area contributed by atoms with Crippen LogP contribution in [-0.2, 0) is 19.0 Å². The van der Waals surface area contributed by atoms with E-state index in [0.717, 1.165) is 41.8 Å². The molecule has 7 heteroatoms. The molecule has 0 bridgehead atoms. The molecule has 0 saturated carbocycles. The van der Waals surface area contributed by atoms with E-state index >= 15 is 0 Å². The molecular formula is C25H29NO6. The quantitative estimate of drug-likeness (QED) is 0.650. The van der Waals surface area contributed by atoms with E-state index in [0.29, 0.717) is 25.5 Å². The van der Waals surface area contributed by atoms with Gasteiger partial charge in [-0.15, -0.1) is 0 Å². The maximum absolute atomic E-state index is 10.9. The Morgan fingerprint density at radius 1 is 1.34 bits per heavy atom. The zero-order valence-electron chi connectivity index (χ0n) is 18.2. The van der Waals surface area contributed by atoms with Crippen molar-refractivity contribution in [2.24, 2.45) is 0 Å². The summed E-state index contributed by atoms with van der Waals surface area (Å²) in [6.45, 7) is 4.60. The van der Waals surface area contributed by atoms with E-state index < -0.39 is 5.97 Å². The second-order valence-corrected chi connectivity index (χ2v) is 8.07. The summed E-state index contributed by atoms with van der Waals surface area (Å²) in [5, 5.41) is 8.96. The summed E-state index contributed by atoms with van der Waals surface area (Å²) in [6, 6.07) is 6.00. The van der Waals surface area contributed by atoms with Gasteiger partial charge in [0.1, 0.15) is 24.5 Å². The summed E-state index contributed by atoms with van der Waals surface area (Å²) < 4.78 is 23.3. The molecule has 0 spiro atoms. The molecule has 0 aromatic heterocycles. The Kier molecular flexibility index (Phi) is 7.29. The standard InChI is InChI=1S/C25H29NO6/c1-18-15-20(7-8-21(18)22-16-26(11-12-30-22)10-9-24(27)28)32-25(19-5-3-2-4-6-19)23-17-29-13-14-31-23/h2-3,5,7-8,13-15,17,22,25H,4,6,9-12,16H2,1H3,(H,27,28). The van der Waals surface area contributed by atoms with Crippen molar-refractivity contribution < 1.29 is 28.8 Å². The summed E-state index contributed by atoms with van der Waals surface area (Å²) in [5.41, 5.74) is 3.29. The number of carbonyl (C=O) groups is 1. The average Bonchev–Trinajstić information content (AvgIpc) is 2.82. The highest BCUT2D eigenvalue weighted by Gasteiger charge is 2.27. The van der Waals surface area contributed by atoms with Crippen molar-refractivity contribution in [3.05, 3.63) is 77.7 Å². The van der Waals surface area contributed by atoms with E-state index in [2.05, 4.69) is 17.1 Å². The lowest BCUT2D eigenvalue weighted by Gasteiger charge is -2.33. The molecule has 2 atom stereocenters. The van der Waals surface area contributed by atoms with Crippen LogP contribution in [0.1, 0.15) is 36.5 Å². The Hall–Kier alpha value is -3.03. The third kappa shape index (κ3) is 5.60. The van der Waals surface area contributed by atoms with E-state index in [-0.39, 0.29) is 18.6 Å². The van der Waals surface area contributed by atoms with Crippen LogP contribution in [0.4, 0.5) is 0 Å². The van der Waals surface area contributed by atoms with E-state index in [1.807, 2.05) is 31.2 Å². The van der Waals surface area contributed by atoms with Crippen LogP contribution in [0, 0.1) is 6.92 Å². The second kappa shape index (κ2) is 10.5. The Labute approximate surface area is 188 Å². The monoisotopic (exact) mass is 439 g/mol. The molecule has 2 heterocycles. The summed E-state index contributed by atoms with van der Waals surface area (Å²) in [6.07, 6.45) is 12.4. The molecule has 1 aliphatic carbocycles. The first-order valence-corrected chi connectivity index (χ1v) is 11.0. The van der Waals surface area contributed by atoms with Gasteiger partial charge in [0, 0.05) is 19.6 Å². The van der Waals surface area contributed by atoms with Gasteiger partial charge in [0.15, 0.2) is 11.9 Å². The molecule has 1 fully saturated rings. The van der Waals surface area contributed by atoms with Crippen molar-refractivity contribution in [2.75, 3.05) is 26.2 Å². The Morgan fingerprint density at radius 3 is 2.97 bits per heavy atom. The van der Waals surface area contributed by atoms with Crippen LogP contribution in [-0.4, -0.2) is 48.3 Å². The number of rotatable bonds is 8. The second-order valence-electron chi connectivity index (χ2n) is 8.07. The maximum atomic E-state index is 10.9. The number of nitrogens with zero attached hydrogens (tertiary/aromatic N) is 1. The van der Waals surface area contributed by atoms with Crippen molar-refractivity contribution >= 4 is 5.97 Å². The molecule has 0 radical (unpaired) electrons. The van der Waals surface area contributed by atoms with Crippen LogP contribution in [0.25, 0.3) is 0 Å². The van der Waals surface area contributed by atoms with Gasteiger partial charge in [0.05, 0.1) is 19.1 Å². The highest BCUT2D eigenvalue weighted by atomic mass is 16.6. The van der Waals surface area contributed by atoms with Crippen LogP contribution in [0.15, 0.2) is 66.5 Å². The summed E-state index contributed by atoms with van der Waals surface area (Å²) in [4.78, 5) is 13.0. The van der Waals surface area contributed by atoms with Gasteiger partial charge in [0.2, 0.25) is 0 Å². The maximum Gasteiger partial charge on any atom is 0.304 e. The zero-order valence-corrected chi connectivity index (χ0v) is 18.2. The van der Waals surface area contributed by atoms with Gasteiger partial charge < -0.3 is 24.1 Å². The van der Waals surface area contributed by atoms with Crippen molar-refractivity contribution in [2.45, 2.75) is 38.4 Å². The molecular weight excluding hydrogens is 410 g/mol. The zero-order chi connectivity index (χ0) is 22.3. The highest BCUT2D eigenvalue weighted by Crippen LogP contribution is 2.31. The Morgan fingerprint density at radius 2 is 2.25 bits per heavy atom. The predicted octanol–water partition coefficient (Wildman–Crippen LogP) is 4.23. The lowest BCUT2D eigenvalue weighted by molar-refractivity contribution is -0.137. The molecule has 170 valence electrons.